The van der Waals surface area contributed by atoms with Crippen LogP contribution in [0.15, 0.2) is 0 Å². The van der Waals surface area contributed by atoms with E-state index in [-0.39, 0.29) is 0 Å². The average molecular weight is 1600 g/mol. The molecule has 0 heteroatoms. The SMILES string of the molecule is CC1C2CC12.CC1C2CCC12.CC1C2CCCC12.CC1C2CCCCC12.CC1CC2CC12.CC1CC2CC2C1.CC1CC2CCC2C1.CC1CC2CCCCC12.CC1CC2CCCCC2C1.CC1CCC2CC12.CC1CCC2CC2C1.CC1CCC2CCC12.CC1CCC2CCC2C1.CC1CCC2CCCCC12.CC1CCCC2CC12. The maximum atomic E-state index is 2.45. The quantitative estimate of drug-likeness (QED) is 0.227. The van der Waals surface area contributed by atoms with E-state index in [4.69, 9.17) is 0 Å². The van der Waals surface area contributed by atoms with Crippen LogP contribution in [-0.2, 0) is 0 Å². The zero-order valence-corrected chi connectivity index (χ0v) is 80.6. The van der Waals surface area contributed by atoms with Crippen molar-refractivity contribution in [2.24, 2.45) is 266 Å². The molecule has 30 fully saturated rings. The van der Waals surface area contributed by atoms with E-state index in [9.17, 15) is 0 Å². The Kier molecular flexibility index (Phi) is 31.6. The van der Waals surface area contributed by atoms with E-state index in [0.717, 1.165) is 136 Å². The Labute approximate surface area is 725 Å². The summed E-state index contributed by atoms with van der Waals surface area (Å²) >= 11 is 0. The highest BCUT2D eigenvalue weighted by molar-refractivity contribution is 5.10. The Morgan fingerprint density at radius 1 is 0.103 bits per heavy atom. The molecule has 0 saturated heterocycles. The van der Waals surface area contributed by atoms with Crippen LogP contribution >= 0.6 is 0 Å². The molecule has 666 valence electrons. The molecular weight excluding hydrogens is 1390 g/mol. The van der Waals surface area contributed by atoms with E-state index in [1.165, 1.54) is 233 Å². The topological polar surface area (TPSA) is 0 Å². The largest absolute Gasteiger partial charge is 0.0625 e. The van der Waals surface area contributed by atoms with Crippen LogP contribution in [0.5, 0.6) is 0 Å². The van der Waals surface area contributed by atoms with E-state index >= 15 is 0 Å². The molecule has 30 aliphatic rings. The summed E-state index contributed by atoms with van der Waals surface area (Å²) in [6.07, 6.45) is 86.4. The maximum Gasteiger partial charge on any atom is -0.0352 e. The summed E-state index contributed by atoms with van der Waals surface area (Å²) in [5.41, 5.74) is 0. The Bertz CT molecular complexity index is 2770. The Balaban J connectivity index is 0.0000000934. The molecule has 0 aromatic carbocycles. The summed E-state index contributed by atoms with van der Waals surface area (Å²) in [5.74, 6) is 51.6. The third-order valence-corrected chi connectivity index (χ3v) is 44.0. The van der Waals surface area contributed by atoms with Crippen LogP contribution in [0.25, 0.3) is 0 Å². The van der Waals surface area contributed by atoms with Crippen LogP contribution in [0, 0.1) is 266 Å². The zero-order valence-electron chi connectivity index (χ0n) is 80.6. The van der Waals surface area contributed by atoms with Crippen LogP contribution in [0.2, 0.25) is 0 Å². The third-order valence-electron chi connectivity index (χ3n) is 44.0. The highest BCUT2D eigenvalue weighted by Crippen LogP contribution is 2.68. The first-order valence-electron chi connectivity index (χ1n) is 56.1. The summed E-state index contributed by atoms with van der Waals surface area (Å²) in [7, 11) is 0. The first-order chi connectivity index (χ1) is 56.1. The van der Waals surface area contributed by atoms with Gasteiger partial charge >= 0.3 is 0 Å². The van der Waals surface area contributed by atoms with Crippen molar-refractivity contribution >= 4 is 0 Å². The molecule has 38 atom stereocenters. The van der Waals surface area contributed by atoms with Crippen molar-refractivity contribution < 1.29 is 0 Å². The van der Waals surface area contributed by atoms with Gasteiger partial charge in [-0.05, 0) is 491 Å². The van der Waals surface area contributed by atoms with Gasteiger partial charge < -0.3 is 0 Å². The molecule has 30 rings (SSSR count). The van der Waals surface area contributed by atoms with Crippen molar-refractivity contribution in [3.8, 4) is 0 Å². The second kappa shape index (κ2) is 41.0. The average Bonchev–Trinajstić information content (AvgIpc) is 1.55. The Hall–Kier alpha value is 0. The molecule has 0 aliphatic heterocycles. The highest BCUT2D eigenvalue weighted by atomic mass is 14.7. The van der Waals surface area contributed by atoms with Gasteiger partial charge in [-0.15, -0.1) is 0 Å². The Morgan fingerprint density at radius 2 is 0.353 bits per heavy atom. The number of hydrogen-bond acceptors (Lipinski definition) is 0. The van der Waals surface area contributed by atoms with Crippen molar-refractivity contribution in [2.75, 3.05) is 0 Å². The first-order valence-corrected chi connectivity index (χ1v) is 56.1. The van der Waals surface area contributed by atoms with Crippen LogP contribution in [0.4, 0.5) is 0 Å². The molecule has 0 bridgehead atoms. The van der Waals surface area contributed by atoms with E-state index in [1.54, 1.807) is 257 Å². The third kappa shape index (κ3) is 24.3. The van der Waals surface area contributed by atoms with E-state index in [2.05, 4.69) is 104 Å². The van der Waals surface area contributed by atoms with Crippen LogP contribution in [-0.4, -0.2) is 0 Å². The lowest BCUT2D eigenvalue weighted by Gasteiger charge is -2.46. The fraction of sp³-hybridized carbons (Fsp3) is 1.00. The fourth-order valence-corrected chi connectivity index (χ4v) is 33.4. The van der Waals surface area contributed by atoms with Gasteiger partial charge in [-0.2, -0.15) is 0 Å². The summed E-state index contributed by atoms with van der Waals surface area (Å²) in [6.45, 7) is 36.0. The first kappa shape index (κ1) is 89.4. The minimum atomic E-state index is 1.05. The van der Waals surface area contributed by atoms with Crippen LogP contribution in [0.3, 0.4) is 0 Å². The maximum absolute atomic E-state index is 2.45. The molecule has 0 aromatic heterocycles. The van der Waals surface area contributed by atoms with E-state index in [1.807, 2.05) is 0 Å². The smallest absolute Gasteiger partial charge is 0.0352 e. The van der Waals surface area contributed by atoms with Crippen LogP contribution in [0.1, 0.15) is 463 Å². The molecule has 0 aromatic rings. The monoisotopic (exact) mass is 1600 g/mol. The van der Waals surface area contributed by atoms with Crippen molar-refractivity contribution in [1.82, 2.24) is 0 Å². The second-order valence-electron chi connectivity index (χ2n) is 52.2. The molecule has 116 heavy (non-hydrogen) atoms. The van der Waals surface area contributed by atoms with Gasteiger partial charge in [0.2, 0.25) is 0 Å². The van der Waals surface area contributed by atoms with Crippen molar-refractivity contribution in [1.29, 1.82) is 0 Å². The number of rotatable bonds is 0. The predicted molar refractivity (Wildman–Crippen MR) is 501 cm³/mol. The molecule has 38 unspecified atom stereocenters. The molecule has 0 spiro atoms. The van der Waals surface area contributed by atoms with Crippen molar-refractivity contribution in [2.45, 2.75) is 463 Å². The lowest BCUT2D eigenvalue weighted by molar-refractivity contribution is 0.0421. The lowest BCUT2D eigenvalue weighted by atomic mass is 9.59. The molecule has 0 nitrogen and oxygen atoms in total. The van der Waals surface area contributed by atoms with Gasteiger partial charge in [0.15, 0.2) is 0 Å². The van der Waals surface area contributed by atoms with Crippen LogP contribution < -0.4 is 0 Å². The zero-order chi connectivity index (χ0) is 80.6. The van der Waals surface area contributed by atoms with Gasteiger partial charge in [-0.1, -0.05) is 239 Å². The molecule has 30 aliphatic carbocycles. The number of fused-ring (bicyclic) bond motifs is 15. The molecule has 0 N–H and O–H groups in total. The highest BCUT2D eigenvalue weighted by Gasteiger charge is 2.61. The Morgan fingerprint density at radius 3 is 0.647 bits per heavy atom. The van der Waals surface area contributed by atoms with Crippen molar-refractivity contribution in [3.05, 3.63) is 0 Å². The normalized spacial score (nSPS) is 53.9. The van der Waals surface area contributed by atoms with E-state index < -0.39 is 0 Å². The molecule has 0 radical (unpaired) electrons. The van der Waals surface area contributed by atoms with Gasteiger partial charge in [-0.25, -0.2) is 0 Å². The molecule has 0 amide bonds. The minimum absolute atomic E-state index is 1.05. The molecule has 30 saturated carbocycles. The van der Waals surface area contributed by atoms with Gasteiger partial charge in [0.25, 0.3) is 0 Å². The molecule has 0 heterocycles. The van der Waals surface area contributed by atoms with Crippen molar-refractivity contribution in [3.63, 3.8) is 0 Å². The minimum Gasteiger partial charge on any atom is -0.0625 e. The van der Waals surface area contributed by atoms with Gasteiger partial charge in [0.1, 0.15) is 0 Å². The van der Waals surface area contributed by atoms with Gasteiger partial charge in [0, 0.05) is 0 Å². The fourth-order valence-electron chi connectivity index (χ4n) is 33.4. The van der Waals surface area contributed by atoms with Gasteiger partial charge in [-0.3, -0.25) is 0 Å². The summed E-state index contributed by atoms with van der Waals surface area (Å²) in [5, 5.41) is 0. The number of hydrogen-bond donors (Lipinski definition) is 0. The summed E-state index contributed by atoms with van der Waals surface area (Å²) in [4.78, 5) is 0. The summed E-state index contributed by atoms with van der Waals surface area (Å²) in [6, 6.07) is 0. The van der Waals surface area contributed by atoms with Gasteiger partial charge in [0.05, 0.1) is 0 Å². The lowest BCUT2D eigenvalue weighted by Crippen LogP contribution is -2.36. The standard InChI is InChI=1S/2C10H18.2C9H16.5C8H14.3C7H12.2C6H10.C5H8/c1-8-6-9-4-2-3-5-10(9)7-8;1-8-6-7-9-4-2-3-5-10(8)9;1-7-2-3-8-4-5-9(8)6-7;1-7-6-8-4-2-3-5-9(7)8;1-6-4-7-2-3-8(7)5-6;1-6-2-3-7-5-8(7)4-6;1-6-2-3-7-4-5-8(6)7;1-6-3-2-4-7-5-8(6)7;1-6-7-4-2-3-5-8(6)7;1-5-2-6-4-7(6)3-5;1-5-2-3-6-4-7(5)6;1-5-6-3-2-4-7(5)6;1-4-2-5-3-6(4)5;1-4-5-2-3-6(4)5;1-3-4-2-5(3)4/h2*8-10H,2-7H2,1H3;2*7-9H,2-6H2,1H3;5*6-8H,2-5H2,1H3;3*5-7H,2-4H2,1H3;2*4-6H,2-3H2,1H3;3-5H,2H2,1H3. The molecular formula is C116H202. The predicted octanol–water partition coefficient (Wildman–Crippen LogP) is 35.1. The van der Waals surface area contributed by atoms with E-state index in [0.29, 0.717) is 0 Å². The summed E-state index contributed by atoms with van der Waals surface area (Å²) < 4.78 is 0. The second-order valence-corrected chi connectivity index (χ2v) is 52.2.